The van der Waals surface area contributed by atoms with Crippen LogP contribution in [0.15, 0.2) is 60.7 Å². The van der Waals surface area contributed by atoms with Gasteiger partial charge in [-0.1, -0.05) is 95.3 Å². The van der Waals surface area contributed by atoms with Gasteiger partial charge in [0.05, 0.1) is 18.8 Å². The quantitative estimate of drug-likeness (QED) is 0.200. The largest absolute Gasteiger partial charge is 0.523 e. The first kappa shape index (κ1) is 32.7. The van der Waals surface area contributed by atoms with Gasteiger partial charge in [0.1, 0.15) is 0 Å². The van der Waals surface area contributed by atoms with Crippen LogP contribution in [0.3, 0.4) is 0 Å². The Kier molecular flexibility index (Phi) is 10.0. The number of benzene rings is 2. The van der Waals surface area contributed by atoms with E-state index in [1.54, 1.807) is 20.8 Å². The summed E-state index contributed by atoms with van der Waals surface area (Å²) < 4.78 is 84.8. The summed E-state index contributed by atoms with van der Waals surface area (Å²) in [4.78, 5) is 0. The third kappa shape index (κ3) is 7.17. The van der Waals surface area contributed by atoms with Gasteiger partial charge in [0.2, 0.25) is 0 Å². The topological polar surface area (TPSA) is 71.1 Å². The molecule has 2 aromatic rings. The van der Waals surface area contributed by atoms with E-state index in [9.17, 15) is 21.6 Å². The molecule has 0 radical (unpaired) electrons. The molecule has 224 valence electrons. The molecule has 4 atom stereocenters. The Balaban J connectivity index is 1.82. The maximum Gasteiger partial charge on any atom is 0.523 e. The van der Waals surface area contributed by atoms with Gasteiger partial charge in [-0.2, -0.15) is 21.6 Å². The van der Waals surface area contributed by atoms with Gasteiger partial charge in [0, 0.05) is 18.4 Å². The van der Waals surface area contributed by atoms with Crippen LogP contribution in [-0.2, 0) is 28.2 Å². The van der Waals surface area contributed by atoms with Crippen molar-refractivity contribution < 1.29 is 39.7 Å². The van der Waals surface area contributed by atoms with Crippen LogP contribution in [0.5, 0.6) is 0 Å². The van der Waals surface area contributed by atoms with E-state index in [-0.39, 0.29) is 17.1 Å². The normalized spacial score (nSPS) is 23.1. The molecule has 0 unspecified atom stereocenters. The summed E-state index contributed by atoms with van der Waals surface area (Å²) in [6.07, 6.45) is -0.415. The molecule has 3 rings (SSSR count). The Morgan fingerprint density at radius 3 is 1.90 bits per heavy atom. The monoisotopic (exact) mass is 602 g/mol. The van der Waals surface area contributed by atoms with Crippen molar-refractivity contribution in [1.29, 1.82) is 0 Å². The van der Waals surface area contributed by atoms with E-state index >= 15 is 0 Å². The molecule has 11 heteroatoms. The highest BCUT2D eigenvalue weighted by Crippen LogP contribution is 2.39. The summed E-state index contributed by atoms with van der Waals surface area (Å²) in [7, 11) is -8.45. The van der Waals surface area contributed by atoms with Crippen molar-refractivity contribution >= 4 is 28.8 Å². The summed E-state index contributed by atoms with van der Waals surface area (Å²) in [6, 6.07) is 20.5. The van der Waals surface area contributed by atoms with Crippen molar-refractivity contribution in [2.45, 2.75) is 83.4 Å². The van der Waals surface area contributed by atoms with Crippen molar-refractivity contribution in [3.63, 3.8) is 0 Å². The fourth-order valence-corrected chi connectivity index (χ4v) is 10.7. The lowest BCUT2D eigenvalue weighted by atomic mass is 9.86. The molecule has 0 aliphatic carbocycles. The van der Waals surface area contributed by atoms with Crippen LogP contribution in [0.25, 0.3) is 0 Å². The highest BCUT2D eigenvalue weighted by atomic mass is 32.2. The molecule has 40 heavy (non-hydrogen) atoms. The van der Waals surface area contributed by atoms with E-state index in [0.29, 0.717) is 13.0 Å². The first-order valence-electron chi connectivity index (χ1n) is 13.5. The fraction of sp³-hybridized carbons (Fsp3) is 0.586. The number of rotatable bonds is 10. The maximum absolute atomic E-state index is 12.8. The third-order valence-electron chi connectivity index (χ3n) is 7.43. The molecule has 1 aliphatic heterocycles. The summed E-state index contributed by atoms with van der Waals surface area (Å²) >= 11 is 0. The number of hydrogen-bond donors (Lipinski definition) is 0. The zero-order chi connectivity index (χ0) is 30.0. The molecule has 0 N–H and O–H groups in total. The highest BCUT2D eigenvalue weighted by Gasteiger charge is 2.51. The average molecular weight is 603 g/mol. The van der Waals surface area contributed by atoms with Crippen molar-refractivity contribution in [1.82, 2.24) is 0 Å². The van der Waals surface area contributed by atoms with Crippen LogP contribution in [0.2, 0.25) is 5.04 Å². The minimum Gasteiger partial charge on any atom is -0.407 e. The molecule has 0 bridgehead atoms. The minimum absolute atomic E-state index is 0.199. The van der Waals surface area contributed by atoms with Crippen molar-refractivity contribution in [2.75, 3.05) is 13.2 Å². The summed E-state index contributed by atoms with van der Waals surface area (Å²) in [6.45, 7) is 13.3. The molecule has 2 aromatic carbocycles. The van der Waals surface area contributed by atoms with Gasteiger partial charge in [0.25, 0.3) is 8.32 Å². The molecular weight excluding hydrogens is 561 g/mol. The third-order valence-corrected chi connectivity index (χ3v) is 13.5. The lowest BCUT2D eigenvalue weighted by Crippen LogP contribution is -2.66. The van der Waals surface area contributed by atoms with Gasteiger partial charge in [-0.15, -0.1) is 0 Å². The first-order chi connectivity index (χ1) is 18.4. The fourth-order valence-electron chi connectivity index (χ4n) is 5.55. The van der Waals surface area contributed by atoms with Gasteiger partial charge in [0.15, 0.2) is 5.79 Å². The molecule has 0 aromatic heterocycles. The van der Waals surface area contributed by atoms with Gasteiger partial charge >= 0.3 is 15.6 Å². The van der Waals surface area contributed by atoms with Gasteiger partial charge < -0.3 is 13.9 Å². The Hall–Kier alpha value is -1.76. The Labute approximate surface area is 237 Å². The molecule has 0 saturated carbocycles. The Bertz CT molecular complexity index is 1160. The second-order valence-electron chi connectivity index (χ2n) is 12.0. The predicted octanol–water partition coefficient (Wildman–Crippen LogP) is 5.61. The zero-order valence-electron chi connectivity index (χ0n) is 24.2. The predicted molar refractivity (Wildman–Crippen MR) is 151 cm³/mol. The molecular formula is C29H41F3O6SSi. The molecule has 0 amide bonds. The van der Waals surface area contributed by atoms with E-state index < -0.39 is 48.4 Å². The van der Waals surface area contributed by atoms with E-state index in [1.807, 2.05) is 43.3 Å². The first-order valence-corrected chi connectivity index (χ1v) is 16.8. The summed E-state index contributed by atoms with van der Waals surface area (Å²) in [5, 5.41) is 2.11. The smallest absolute Gasteiger partial charge is 0.407 e. The number of alkyl halides is 3. The van der Waals surface area contributed by atoms with Gasteiger partial charge in [-0.05, 0) is 35.7 Å². The van der Waals surface area contributed by atoms with Crippen molar-refractivity contribution in [2.24, 2.45) is 11.8 Å². The lowest BCUT2D eigenvalue weighted by Gasteiger charge is -2.47. The van der Waals surface area contributed by atoms with Crippen molar-refractivity contribution in [3.05, 3.63) is 60.7 Å². The van der Waals surface area contributed by atoms with Crippen LogP contribution in [-0.4, -0.2) is 53.5 Å². The van der Waals surface area contributed by atoms with Gasteiger partial charge in [-0.25, -0.2) is 0 Å². The van der Waals surface area contributed by atoms with E-state index in [0.717, 1.165) is 10.4 Å². The van der Waals surface area contributed by atoms with Crippen molar-refractivity contribution in [3.8, 4) is 0 Å². The SMILES string of the molecule is C[C@@H]1[C@@H]([C@@H](C)COS(=O)(=O)C(F)(F)F)OC(C)(C)O[C@H]1CCO[Si](c1ccccc1)(c1ccccc1)C(C)(C)C. The molecule has 1 aliphatic rings. The second kappa shape index (κ2) is 12.2. The number of hydrogen-bond acceptors (Lipinski definition) is 6. The second-order valence-corrected chi connectivity index (χ2v) is 17.9. The molecule has 1 heterocycles. The highest BCUT2D eigenvalue weighted by molar-refractivity contribution is 7.87. The van der Waals surface area contributed by atoms with E-state index in [2.05, 4.69) is 49.2 Å². The Morgan fingerprint density at radius 2 is 1.45 bits per heavy atom. The van der Waals surface area contributed by atoms with Crippen LogP contribution in [0.4, 0.5) is 13.2 Å². The van der Waals surface area contributed by atoms with E-state index in [1.165, 1.54) is 0 Å². The van der Waals surface area contributed by atoms with Crippen LogP contribution in [0, 0.1) is 11.8 Å². The Morgan fingerprint density at radius 1 is 0.950 bits per heavy atom. The molecule has 1 fully saturated rings. The van der Waals surface area contributed by atoms with Gasteiger partial charge in [-0.3, -0.25) is 4.18 Å². The lowest BCUT2D eigenvalue weighted by molar-refractivity contribution is -0.328. The average Bonchev–Trinajstić information content (AvgIpc) is 2.86. The summed E-state index contributed by atoms with van der Waals surface area (Å²) in [5.41, 5.74) is -5.48. The van der Waals surface area contributed by atoms with Crippen LogP contribution in [0.1, 0.15) is 54.9 Å². The number of halogens is 3. The maximum atomic E-state index is 12.8. The summed E-state index contributed by atoms with van der Waals surface area (Å²) in [5.74, 6) is -1.94. The zero-order valence-corrected chi connectivity index (χ0v) is 26.0. The minimum atomic E-state index is -5.69. The van der Waals surface area contributed by atoms with Crippen LogP contribution < -0.4 is 10.4 Å². The molecule has 0 spiro atoms. The standard InChI is InChI=1S/C29H41F3O6SSi/c1-21(20-35-39(33,34)29(30,31)32)26-22(2)25(37-28(6,7)38-26)18-19-36-40(27(3,4)5,23-14-10-8-11-15-23)24-16-12-9-13-17-24/h8-17,21-22,25-26H,18-20H2,1-7H3/t21-,22-,25-,26+/m0/s1. The molecule has 1 saturated heterocycles. The number of ether oxygens (including phenoxy) is 2. The van der Waals surface area contributed by atoms with E-state index in [4.69, 9.17) is 13.9 Å². The molecule has 6 nitrogen and oxygen atoms in total. The van der Waals surface area contributed by atoms with Crippen LogP contribution >= 0.6 is 0 Å².